The SMILES string of the molecule is COc1cc(F)ccc1NC(C)CCC(=O)O. The van der Waals surface area contributed by atoms with Crippen molar-refractivity contribution in [1.29, 1.82) is 0 Å². The molecule has 1 atom stereocenters. The van der Waals surface area contributed by atoms with E-state index in [-0.39, 0.29) is 18.3 Å². The van der Waals surface area contributed by atoms with Gasteiger partial charge in [-0.05, 0) is 25.5 Å². The zero-order valence-electron chi connectivity index (χ0n) is 9.87. The van der Waals surface area contributed by atoms with Crippen LogP contribution in [0, 0.1) is 5.82 Å². The van der Waals surface area contributed by atoms with Crippen LogP contribution in [0.3, 0.4) is 0 Å². The van der Waals surface area contributed by atoms with Crippen molar-refractivity contribution in [2.24, 2.45) is 0 Å². The molecule has 1 rings (SSSR count). The Balaban J connectivity index is 2.64. The van der Waals surface area contributed by atoms with Crippen LogP contribution in [-0.4, -0.2) is 24.2 Å². The number of carboxylic acid groups (broad SMARTS) is 1. The molecule has 0 aliphatic carbocycles. The first-order valence-electron chi connectivity index (χ1n) is 5.34. The van der Waals surface area contributed by atoms with Gasteiger partial charge in [0.05, 0.1) is 12.8 Å². The standard InChI is InChI=1S/C12H16FNO3/c1-8(3-6-12(15)16)14-10-5-4-9(13)7-11(10)17-2/h4-5,7-8,14H,3,6H2,1-2H3,(H,15,16). The highest BCUT2D eigenvalue weighted by molar-refractivity contribution is 5.66. The maximum Gasteiger partial charge on any atom is 0.303 e. The lowest BCUT2D eigenvalue weighted by molar-refractivity contribution is -0.137. The number of methoxy groups -OCH3 is 1. The monoisotopic (exact) mass is 241 g/mol. The van der Waals surface area contributed by atoms with Crippen molar-refractivity contribution in [3.05, 3.63) is 24.0 Å². The number of nitrogens with one attached hydrogen (secondary N) is 1. The fourth-order valence-corrected chi connectivity index (χ4v) is 1.46. The Kier molecular flexibility index (Phi) is 4.75. The number of carboxylic acids is 1. The number of carbonyl (C=O) groups is 1. The largest absolute Gasteiger partial charge is 0.494 e. The molecule has 94 valence electrons. The summed E-state index contributed by atoms with van der Waals surface area (Å²) in [5.41, 5.74) is 0.659. The summed E-state index contributed by atoms with van der Waals surface area (Å²) in [5.74, 6) is -0.789. The van der Waals surface area contributed by atoms with E-state index in [1.165, 1.54) is 19.2 Å². The minimum Gasteiger partial charge on any atom is -0.494 e. The van der Waals surface area contributed by atoms with Crippen LogP contribution in [0.2, 0.25) is 0 Å². The molecule has 0 aromatic heterocycles. The molecule has 0 aliphatic rings. The summed E-state index contributed by atoms with van der Waals surface area (Å²) >= 11 is 0. The molecule has 0 amide bonds. The lowest BCUT2D eigenvalue weighted by atomic mass is 10.1. The highest BCUT2D eigenvalue weighted by atomic mass is 19.1. The van der Waals surface area contributed by atoms with E-state index in [1.807, 2.05) is 6.92 Å². The average molecular weight is 241 g/mol. The molecule has 1 unspecified atom stereocenters. The third kappa shape index (κ3) is 4.30. The number of hydrogen-bond acceptors (Lipinski definition) is 3. The third-order valence-electron chi connectivity index (χ3n) is 2.36. The van der Waals surface area contributed by atoms with E-state index in [2.05, 4.69) is 5.32 Å². The Morgan fingerprint density at radius 1 is 1.59 bits per heavy atom. The van der Waals surface area contributed by atoms with Crippen LogP contribution in [0.1, 0.15) is 19.8 Å². The van der Waals surface area contributed by atoms with Gasteiger partial charge < -0.3 is 15.2 Å². The van der Waals surface area contributed by atoms with Gasteiger partial charge in [0.1, 0.15) is 11.6 Å². The van der Waals surface area contributed by atoms with Crippen molar-refractivity contribution in [2.45, 2.75) is 25.8 Å². The van der Waals surface area contributed by atoms with Gasteiger partial charge in [0.25, 0.3) is 0 Å². The van der Waals surface area contributed by atoms with Gasteiger partial charge in [0.15, 0.2) is 0 Å². The maximum atomic E-state index is 12.9. The molecule has 0 radical (unpaired) electrons. The molecule has 1 aromatic rings. The normalized spacial score (nSPS) is 11.9. The first kappa shape index (κ1) is 13.3. The van der Waals surface area contributed by atoms with Crippen molar-refractivity contribution in [3.63, 3.8) is 0 Å². The second-order valence-electron chi connectivity index (χ2n) is 3.82. The predicted octanol–water partition coefficient (Wildman–Crippen LogP) is 2.50. The number of aliphatic carboxylic acids is 1. The smallest absolute Gasteiger partial charge is 0.303 e. The number of ether oxygens (including phenoxy) is 1. The number of hydrogen-bond donors (Lipinski definition) is 2. The lowest BCUT2D eigenvalue weighted by Crippen LogP contribution is -2.17. The Hall–Kier alpha value is -1.78. The maximum absolute atomic E-state index is 12.9. The van der Waals surface area contributed by atoms with Gasteiger partial charge >= 0.3 is 5.97 Å². The molecule has 0 heterocycles. The van der Waals surface area contributed by atoms with Gasteiger partial charge in [-0.1, -0.05) is 0 Å². The van der Waals surface area contributed by atoms with Crippen molar-refractivity contribution >= 4 is 11.7 Å². The van der Waals surface area contributed by atoms with Crippen LogP contribution < -0.4 is 10.1 Å². The van der Waals surface area contributed by atoms with E-state index in [0.29, 0.717) is 17.9 Å². The molecule has 0 fully saturated rings. The fraction of sp³-hybridized carbons (Fsp3) is 0.417. The van der Waals surface area contributed by atoms with E-state index < -0.39 is 5.97 Å². The molecule has 2 N–H and O–H groups in total. The summed E-state index contributed by atoms with van der Waals surface area (Å²) in [5, 5.41) is 11.7. The first-order chi connectivity index (χ1) is 8.02. The molecule has 0 spiro atoms. The zero-order valence-corrected chi connectivity index (χ0v) is 9.87. The predicted molar refractivity (Wildman–Crippen MR) is 62.9 cm³/mol. The van der Waals surface area contributed by atoms with Crippen LogP contribution >= 0.6 is 0 Å². The van der Waals surface area contributed by atoms with Crippen LogP contribution in [0.15, 0.2) is 18.2 Å². The average Bonchev–Trinajstić information content (AvgIpc) is 2.28. The van der Waals surface area contributed by atoms with Crippen molar-refractivity contribution < 1.29 is 19.0 Å². The van der Waals surface area contributed by atoms with E-state index in [4.69, 9.17) is 9.84 Å². The van der Waals surface area contributed by atoms with Crippen molar-refractivity contribution in [2.75, 3.05) is 12.4 Å². The van der Waals surface area contributed by atoms with Crippen molar-refractivity contribution in [3.8, 4) is 5.75 Å². The van der Waals surface area contributed by atoms with Gasteiger partial charge in [0, 0.05) is 18.5 Å². The lowest BCUT2D eigenvalue weighted by Gasteiger charge is -2.16. The van der Waals surface area contributed by atoms with Crippen LogP contribution in [-0.2, 0) is 4.79 Å². The highest BCUT2D eigenvalue weighted by Gasteiger charge is 2.09. The summed E-state index contributed by atoms with van der Waals surface area (Å²) in [6.07, 6.45) is 0.591. The molecule has 17 heavy (non-hydrogen) atoms. The summed E-state index contributed by atoms with van der Waals surface area (Å²) in [6, 6.07) is 4.16. The summed E-state index contributed by atoms with van der Waals surface area (Å²) in [7, 11) is 1.46. The summed E-state index contributed by atoms with van der Waals surface area (Å²) < 4.78 is 18.0. The number of benzene rings is 1. The second-order valence-corrected chi connectivity index (χ2v) is 3.82. The van der Waals surface area contributed by atoms with Gasteiger partial charge in [0.2, 0.25) is 0 Å². The Morgan fingerprint density at radius 2 is 2.29 bits per heavy atom. The molecule has 4 nitrogen and oxygen atoms in total. The summed E-state index contributed by atoms with van der Waals surface area (Å²) in [4.78, 5) is 10.4. The van der Waals surface area contributed by atoms with Gasteiger partial charge in [-0.15, -0.1) is 0 Å². The number of halogens is 1. The number of rotatable bonds is 6. The van der Waals surface area contributed by atoms with Crippen LogP contribution in [0.4, 0.5) is 10.1 Å². The first-order valence-corrected chi connectivity index (χ1v) is 5.34. The Bertz CT molecular complexity index is 395. The summed E-state index contributed by atoms with van der Waals surface area (Å²) in [6.45, 7) is 1.87. The molecule has 5 heteroatoms. The molecule has 1 aromatic carbocycles. The van der Waals surface area contributed by atoms with Crippen molar-refractivity contribution in [1.82, 2.24) is 0 Å². The minimum absolute atomic E-state index is 0.0227. The fourth-order valence-electron chi connectivity index (χ4n) is 1.46. The molecule has 0 saturated carbocycles. The quantitative estimate of drug-likeness (QED) is 0.803. The van der Waals surface area contributed by atoms with Crippen LogP contribution in [0.5, 0.6) is 5.75 Å². The van der Waals surface area contributed by atoms with Crippen LogP contribution in [0.25, 0.3) is 0 Å². The second kappa shape index (κ2) is 6.08. The minimum atomic E-state index is -0.829. The molecule has 0 bridgehead atoms. The van der Waals surface area contributed by atoms with Gasteiger partial charge in [-0.3, -0.25) is 4.79 Å². The highest BCUT2D eigenvalue weighted by Crippen LogP contribution is 2.26. The van der Waals surface area contributed by atoms with Gasteiger partial charge in [-0.2, -0.15) is 0 Å². The van der Waals surface area contributed by atoms with E-state index in [9.17, 15) is 9.18 Å². The topological polar surface area (TPSA) is 58.6 Å². The Morgan fingerprint density at radius 3 is 2.88 bits per heavy atom. The van der Waals surface area contributed by atoms with E-state index in [1.54, 1.807) is 6.07 Å². The molecule has 0 saturated heterocycles. The van der Waals surface area contributed by atoms with E-state index >= 15 is 0 Å². The molecule has 0 aliphatic heterocycles. The molecular weight excluding hydrogens is 225 g/mol. The van der Waals surface area contributed by atoms with E-state index in [0.717, 1.165) is 0 Å². The molecular formula is C12H16FNO3. The third-order valence-corrected chi connectivity index (χ3v) is 2.36. The zero-order chi connectivity index (χ0) is 12.8. The van der Waals surface area contributed by atoms with Gasteiger partial charge in [-0.25, -0.2) is 4.39 Å². The Labute approximate surface area is 99.4 Å². The number of anilines is 1.